The van der Waals surface area contributed by atoms with Gasteiger partial charge in [-0.25, -0.2) is 9.98 Å². The number of likely N-dealkylation sites (tertiary alicyclic amines) is 1. The monoisotopic (exact) mass is 373 g/mol. The molecule has 1 aliphatic heterocycles. The first kappa shape index (κ1) is 19.5. The van der Waals surface area contributed by atoms with Crippen LogP contribution in [0.1, 0.15) is 42.9 Å². The fourth-order valence-corrected chi connectivity index (χ4v) is 3.29. The molecule has 148 valence electrons. The van der Waals surface area contributed by atoms with E-state index in [9.17, 15) is 0 Å². The summed E-state index contributed by atoms with van der Waals surface area (Å²) < 4.78 is 11.1. The normalized spacial score (nSPS) is 16.6. The Bertz CT molecular complexity index is 695. The molecule has 3 heterocycles. The summed E-state index contributed by atoms with van der Waals surface area (Å²) in [7, 11) is 0. The number of guanidine groups is 1. The van der Waals surface area contributed by atoms with Crippen LogP contribution in [0.2, 0.25) is 0 Å². The molecule has 0 saturated carbocycles. The molecule has 1 aliphatic rings. The van der Waals surface area contributed by atoms with Crippen molar-refractivity contribution >= 4 is 5.96 Å². The van der Waals surface area contributed by atoms with Crippen LogP contribution in [-0.4, -0.2) is 42.0 Å². The lowest BCUT2D eigenvalue weighted by Crippen LogP contribution is -2.42. The van der Waals surface area contributed by atoms with Gasteiger partial charge in [-0.05, 0) is 64.8 Å². The maximum Gasteiger partial charge on any atom is 0.208 e. The number of furan rings is 1. The molecule has 0 spiro atoms. The summed E-state index contributed by atoms with van der Waals surface area (Å²) >= 11 is 0. The Labute approximate surface area is 161 Å². The van der Waals surface area contributed by atoms with Crippen LogP contribution in [0.4, 0.5) is 0 Å². The number of aryl methyl sites for hydroxylation is 2. The Hall–Kier alpha value is -2.28. The number of aliphatic imine (C=N–C) groups is 1. The van der Waals surface area contributed by atoms with Gasteiger partial charge in [-0.3, -0.25) is 4.90 Å². The second-order valence-electron chi connectivity index (χ2n) is 7.12. The highest BCUT2D eigenvalue weighted by atomic mass is 16.4. The molecule has 1 saturated heterocycles. The Balaban J connectivity index is 1.41. The molecular weight excluding hydrogens is 342 g/mol. The third kappa shape index (κ3) is 5.85. The molecule has 2 aromatic rings. The average molecular weight is 374 g/mol. The minimum absolute atomic E-state index is 0.551. The molecule has 7 heteroatoms. The van der Waals surface area contributed by atoms with E-state index in [1.54, 1.807) is 6.26 Å². The standard InChI is InChI=1S/C20H31N5O2/c1-4-21-20(23-13-18-6-5-11-26-18)22-12-17-7-9-25(10-8-17)14-19-24-15(2)16(3)27-19/h5-6,11,17H,4,7-10,12-14H2,1-3H3,(H2,21,22,23). The summed E-state index contributed by atoms with van der Waals surface area (Å²) in [5, 5.41) is 6.78. The molecule has 0 amide bonds. The highest BCUT2D eigenvalue weighted by Crippen LogP contribution is 2.19. The van der Waals surface area contributed by atoms with Gasteiger partial charge in [0.1, 0.15) is 18.1 Å². The third-order valence-electron chi connectivity index (χ3n) is 5.01. The van der Waals surface area contributed by atoms with Crippen LogP contribution in [0.15, 0.2) is 32.2 Å². The first-order valence-corrected chi connectivity index (χ1v) is 9.84. The van der Waals surface area contributed by atoms with Gasteiger partial charge >= 0.3 is 0 Å². The first-order chi connectivity index (χ1) is 13.1. The zero-order chi connectivity index (χ0) is 19.1. The Kier molecular flexibility index (Phi) is 6.92. The number of piperidine rings is 1. The summed E-state index contributed by atoms with van der Waals surface area (Å²) in [6, 6.07) is 3.83. The van der Waals surface area contributed by atoms with E-state index in [2.05, 4.69) is 32.4 Å². The van der Waals surface area contributed by atoms with Crippen molar-refractivity contribution in [3.63, 3.8) is 0 Å². The average Bonchev–Trinajstić information content (AvgIpc) is 3.29. The fraction of sp³-hybridized carbons (Fsp3) is 0.600. The summed E-state index contributed by atoms with van der Waals surface area (Å²) in [6.07, 6.45) is 4.02. The largest absolute Gasteiger partial charge is 0.467 e. The molecule has 0 atom stereocenters. The summed E-state index contributed by atoms with van der Waals surface area (Å²) in [5.41, 5.74) is 0.994. The number of aromatic nitrogens is 1. The zero-order valence-electron chi connectivity index (χ0n) is 16.6. The van der Waals surface area contributed by atoms with Crippen molar-refractivity contribution in [3.8, 4) is 0 Å². The maximum atomic E-state index is 5.71. The van der Waals surface area contributed by atoms with Crippen LogP contribution in [0.25, 0.3) is 0 Å². The van der Waals surface area contributed by atoms with Crippen molar-refractivity contribution < 1.29 is 8.83 Å². The molecule has 0 radical (unpaired) electrons. The molecule has 0 unspecified atom stereocenters. The molecule has 27 heavy (non-hydrogen) atoms. The number of nitrogens with one attached hydrogen (secondary N) is 2. The molecule has 7 nitrogen and oxygen atoms in total. The molecule has 0 bridgehead atoms. The highest BCUT2D eigenvalue weighted by Gasteiger charge is 2.21. The van der Waals surface area contributed by atoms with Gasteiger partial charge in [0, 0.05) is 13.1 Å². The molecule has 2 aromatic heterocycles. The van der Waals surface area contributed by atoms with Gasteiger partial charge in [0.2, 0.25) is 5.89 Å². The number of rotatable bonds is 7. The molecule has 3 rings (SSSR count). The number of hydrogen-bond donors (Lipinski definition) is 2. The second-order valence-corrected chi connectivity index (χ2v) is 7.12. The molecular formula is C20H31N5O2. The first-order valence-electron chi connectivity index (χ1n) is 9.84. The third-order valence-corrected chi connectivity index (χ3v) is 5.01. The summed E-state index contributed by atoms with van der Waals surface area (Å²) in [4.78, 5) is 11.5. The van der Waals surface area contributed by atoms with Gasteiger partial charge in [0.15, 0.2) is 5.96 Å². The molecule has 1 fully saturated rings. The van der Waals surface area contributed by atoms with Crippen LogP contribution < -0.4 is 10.6 Å². The van der Waals surface area contributed by atoms with E-state index in [0.29, 0.717) is 12.5 Å². The SMILES string of the molecule is CCNC(=NCc1ccco1)NCC1CCN(Cc2nc(C)c(C)o2)CC1. The lowest BCUT2D eigenvalue weighted by molar-refractivity contribution is 0.164. The number of nitrogens with zero attached hydrogens (tertiary/aromatic N) is 3. The van der Waals surface area contributed by atoms with E-state index in [1.165, 1.54) is 12.8 Å². The van der Waals surface area contributed by atoms with Crippen molar-refractivity contribution in [1.82, 2.24) is 20.5 Å². The lowest BCUT2D eigenvalue weighted by Gasteiger charge is -2.31. The van der Waals surface area contributed by atoms with Gasteiger partial charge < -0.3 is 19.5 Å². The molecule has 0 aromatic carbocycles. The van der Waals surface area contributed by atoms with Gasteiger partial charge in [0.25, 0.3) is 0 Å². The summed E-state index contributed by atoms with van der Waals surface area (Å²) in [5.74, 6) is 4.14. The Morgan fingerprint density at radius 3 is 2.74 bits per heavy atom. The highest BCUT2D eigenvalue weighted by molar-refractivity contribution is 5.79. The van der Waals surface area contributed by atoms with Crippen molar-refractivity contribution in [1.29, 1.82) is 0 Å². The predicted molar refractivity (Wildman–Crippen MR) is 106 cm³/mol. The van der Waals surface area contributed by atoms with E-state index < -0.39 is 0 Å². The van der Waals surface area contributed by atoms with E-state index in [4.69, 9.17) is 8.83 Å². The predicted octanol–water partition coefficient (Wildman–Crippen LogP) is 2.85. The number of hydrogen-bond acceptors (Lipinski definition) is 5. The fourth-order valence-electron chi connectivity index (χ4n) is 3.29. The van der Waals surface area contributed by atoms with Gasteiger partial charge in [-0.2, -0.15) is 0 Å². The second kappa shape index (κ2) is 9.60. The molecule has 0 aliphatic carbocycles. The van der Waals surface area contributed by atoms with Crippen LogP contribution in [0.5, 0.6) is 0 Å². The minimum Gasteiger partial charge on any atom is -0.467 e. The molecule has 2 N–H and O–H groups in total. The zero-order valence-corrected chi connectivity index (χ0v) is 16.6. The van der Waals surface area contributed by atoms with Crippen LogP contribution in [-0.2, 0) is 13.1 Å². The van der Waals surface area contributed by atoms with Crippen LogP contribution >= 0.6 is 0 Å². The van der Waals surface area contributed by atoms with Crippen LogP contribution in [0, 0.1) is 19.8 Å². The van der Waals surface area contributed by atoms with E-state index in [-0.39, 0.29) is 0 Å². The minimum atomic E-state index is 0.551. The maximum absolute atomic E-state index is 5.71. The Morgan fingerprint density at radius 2 is 2.11 bits per heavy atom. The van der Waals surface area contributed by atoms with E-state index in [1.807, 2.05) is 26.0 Å². The van der Waals surface area contributed by atoms with Crippen molar-refractivity contribution in [2.24, 2.45) is 10.9 Å². The van der Waals surface area contributed by atoms with Gasteiger partial charge in [-0.15, -0.1) is 0 Å². The topological polar surface area (TPSA) is 78.8 Å². The lowest BCUT2D eigenvalue weighted by atomic mass is 9.97. The number of oxazole rings is 1. The van der Waals surface area contributed by atoms with Crippen molar-refractivity contribution in [2.45, 2.75) is 46.7 Å². The smallest absolute Gasteiger partial charge is 0.208 e. The van der Waals surface area contributed by atoms with Crippen molar-refractivity contribution in [2.75, 3.05) is 26.2 Å². The van der Waals surface area contributed by atoms with Crippen LogP contribution in [0.3, 0.4) is 0 Å². The van der Waals surface area contributed by atoms with E-state index >= 15 is 0 Å². The quantitative estimate of drug-likeness (QED) is 0.574. The van der Waals surface area contributed by atoms with Crippen molar-refractivity contribution in [3.05, 3.63) is 41.5 Å². The summed E-state index contributed by atoms with van der Waals surface area (Å²) in [6.45, 7) is 11.3. The van der Waals surface area contributed by atoms with Gasteiger partial charge in [0.05, 0.1) is 18.5 Å². The Morgan fingerprint density at radius 1 is 1.30 bits per heavy atom. The van der Waals surface area contributed by atoms with E-state index in [0.717, 1.165) is 61.8 Å². The van der Waals surface area contributed by atoms with Gasteiger partial charge in [-0.1, -0.05) is 0 Å².